The molecule has 3 heterocycles. The molecule has 0 aliphatic carbocycles. The highest BCUT2D eigenvalue weighted by Gasteiger charge is 2.47. The number of nitro benzene ring substituents is 1. The van der Waals surface area contributed by atoms with Crippen LogP contribution in [0.15, 0.2) is 35.4 Å². The minimum Gasteiger partial charge on any atom is -0.387 e. The number of para-hydroxylation sites is 1. The zero-order valence-corrected chi connectivity index (χ0v) is 24.1. The fourth-order valence-electron chi connectivity index (χ4n) is 3.97. The van der Waals surface area contributed by atoms with Crippen molar-refractivity contribution in [3.05, 3.63) is 56.6 Å². The standard InChI is InChI=1S/C18H23N6O16P3/c1-8(9-4-2-3-5-10(9)24(28)29)38-42(32,33)40-43(34,35)39-41(30,31)36-6-11-13(25)14(26)17(37-11)23-7-20-12-15(23)21-18(19)22-16(12)27/h2-5,7-8,11,13-14,17,25-26H,6H2,1H3,(H,30,31)(H,32,33)(H,34,35)(H3,19,21,22,27)/t8-,11+,13+,14+,17+/m0/s1. The molecule has 22 nitrogen and oxygen atoms in total. The van der Waals surface area contributed by atoms with E-state index in [1.807, 2.05) is 0 Å². The molecule has 43 heavy (non-hydrogen) atoms. The number of nitro groups is 1. The number of nitrogens with two attached hydrogens (primary N) is 1. The molecule has 4 rings (SSSR count). The van der Waals surface area contributed by atoms with Gasteiger partial charge in [0.15, 0.2) is 17.4 Å². The summed E-state index contributed by atoms with van der Waals surface area (Å²) in [5, 5.41) is 32.0. The number of aliphatic hydroxyl groups is 2. The van der Waals surface area contributed by atoms with E-state index in [1.54, 1.807) is 0 Å². The van der Waals surface area contributed by atoms with Crippen LogP contribution in [-0.2, 0) is 36.1 Å². The molecule has 25 heteroatoms. The third kappa shape index (κ3) is 7.59. The molecule has 0 amide bonds. The highest BCUT2D eigenvalue weighted by atomic mass is 31.3. The number of nitrogens with one attached hydrogen (secondary N) is 1. The number of hydrogen-bond acceptors (Lipinski definition) is 16. The number of H-pyrrole nitrogens is 1. The summed E-state index contributed by atoms with van der Waals surface area (Å²) in [6.45, 7) is 0.0231. The lowest BCUT2D eigenvalue weighted by molar-refractivity contribution is -0.386. The Kier molecular flexibility index (Phi) is 9.36. The summed E-state index contributed by atoms with van der Waals surface area (Å²) in [4.78, 5) is 61.9. The molecule has 3 unspecified atom stereocenters. The van der Waals surface area contributed by atoms with E-state index in [0.717, 1.165) is 23.9 Å². The molecular weight excluding hydrogens is 649 g/mol. The summed E-state index contributed by atoms with van der Waals surface area (Å²) < 4.78 is 60.6. The van der Waals surface area contributed by atoms with Crippen LogP contribution in [-0.4, -0.2) is 74.3 Å². The summed E-state index contributed by atoms with van der Waals surface area (Å²) >= 11 is 0. The molecule has 3 aromatic rings. The van der Waals surface area contributed by atoms with Crippen LogP contribution in [0.2, 0.25) is 0 Å². The van der Waals surface area contributed by atoms with Gasteiger partial charge in [-0.1, -0.05) is 12.1 Å². The Morgan fingerprint density at radius 2 is 1.79 bits per heavy atom. The quantitative estimate of drug-likeness (QED) is 0.0775. The molecule has 236 valence electrons. The average molecular weight is 672 g/mol. The third-order valence-electron chi connectivity index (χ3n) is 5.74. The first-order valence-corrected chi connectivity index (χ1v) is 16.1. The number of rotatable bonds is 12. The molecule has 0 spiro atoms. The van der Waals surface area contributed by atoms with E-state index in [9.17, 15) is 53.5 Å². The molecular formula is C18H23N6O16P3. The van der Waals surface area contributed by atoms with E-state index in [-0.39, 0.29) is 22.7 Å². The lowest BCUT2D eigenvalue weighted by Crippen LogP contribution is -2.33. The van der Waals surface area contributed by atoms with Gasteiger partial charge in [0.1, 0.15) is 18.3 Å². The van der Waals surface area contributed by atoms with Gasteiger partial charge in [-0.15, -0.1) is 0 Å². The highest BCUT2D eigenvalue weighted by molar-refractivity contribution is 7.66. The molecule has 1 fully saturated rings. The lowest BCUT2D eigenvalue weighted by atomic mass is 10.1. The number of aromatic nitrogens is 4. The Hall–Kier alpha value is -2.94. The number of phosphoric ester groups is 2. The second kappa shape index (κ2) is 12.2. The van der Waals surface area contributed by atoms with Crippen LogP contribution in [0, 0.1) is 10.1 Å². The topological polar surface area (TPSA) is 331 Å². The van der Waals surface area contributed by atoms with Crippen molar-refractivity contribution in [2.45, 2.75) is 37.6 Å². The molecule has 1 aliphatic rings. The van der Waals surface area contributed by atoms with Gasteiger partial charge in [0.2, 0.25) is 5.95 Å². The summed E-state index contributed by atoms with van der Waals surface area (Å²) in [6.07, 6.45) is -7.09. The van der Waals surface area contributed by atoms with Gasteiger partial charge >= 0.3 is 23.5 Å². The number of nitrogen functional groups attached to an aromatic ring is 1. The van der Waals surface area contributed by atoms with Crippen molar-refractivity contribution < 1.29 is 65.9 Å². The number of aliphatic hydroxyl groups excluding tert-OH is 2. The molecule has 1 saturated heterocycles. The lowest BCUT2D eigenvalue weighted by Gasteiger charge is -2.21. The minimum atomic E-state index is -5.92. The van der Waals surface area contributed by atoms with Crippen LogP contribution in [0.5, 0.6) is 0 Å². The minimum absolute atomic E-state index is 0.138. The van der Waals surface area contributed by atoms with Crippen molar-refractivity contribution in [3.63, 3.8) is 0 Å². The van der Waals surface area contributed by atoms with Gasteiger partial charge in [0.05, 0.1) is 29.5 Å². The van der Waals surface area contributed by atoms with Crippen LogP contribution < -0.4 is 11.3 Å². The van der Waals surface area contributed by atoms with E-state index < -0.39 is 76.9 Å². The SMILES string of the molecule is C[C@H](OP(=O)(O)OP(=O)(O)OP(=O)(O)OC[C@H]1O[C@@H](n2cnc3c(=O)[nH]c(N)nc32)[C@H](O)[C@@H]1O)c1ccccc1[N+](=O)[O-]. The van der Waals surface area contributed by atoms with Gasteiger partial charge in [-0.2, -0.15) is 13.6 Å². The number of anilines is 1. The maximum absolute atomic E-state index is 12.3. The molecule has 8 atom stereocenters. The number of phosphoric acid groups is 3. The zero-order valence-electron chi connectivity index (χ0n) is 21.4. The molecule has 0 bridgehead atoms. The largest absolute Gasteiger partial charge is 0.490 e. The molecule has 1 aromatic carbocycles. The average Bonchev–Trinajstić information content (AvgIpc) is 3.41. The maximum atomic E-state index is 12.3. The van der Waals surface area contributed by atoms with E-state index in [4.69, 9.17) is 10.5 Å². The molecule has 1 aliphatic heterocycles. The zero-order chi connectivity index (χ0) is 31.9. The maximum Gasteiger partial charge on any atom is 0.490 e. The Bertz CT molecular complexity index is 1730. The number of nitrogens with zero attached hydrogens (tertiary/aromatic N) is 4. The summed E-state index contributed by atoms with van der Waals surface area (Å²) in [6, 6.07) is 4.90. The highest BCUT2D eigenvalue weighted by Crippen LogP contribution is 2.68. The van der Waals surface area contributed by atoms with Crippen molar-refractivity contribution in [3.8, 4) is 0 Å². The van der Waals surface area contributed by atoms with Crippen molar-refractivity contribution in [1.82, 2.24) is 19.5 Å². The Balaban J connectivity index is 1.39. The van der Waals surface area contributed by atoms with Crippen LogP contribution >= 0.6 is 23.5 Å². The van der Waals surface area contributed by atoms with Crippen molar-refractivity contribution >= 4 is 46.3 Å². The number of fused-ring (bicyclic) bond motifs is 1. The first-order valence-electron chi connectivity index (χ1n) is 11.6. The molecule has 0 radical (unpaired) electrons. The fraction of sp³-hybridized carbons (Fsp3) is 0.389. The summed E-state index contributed by atoms with van der Waals surface area (Å²) in [7, 11) is -17.1. The van der Waals surface area contributed by atoms with E-state index in [0.29, 0.717) is 0 Å². The summed E-state index contributed by atoms with van der Waals surface area (Å²) in [5.41, 5.74) is 3.77. The van der Waals surface area contributed by atoms with Gasteiger partial charge in [-0.05, 0) is 13.0 Å². The first-order chi connectivity index (χ1) is 19.9. The van der Waals surface area contributed by atoms with Crippen molar-refractivity contribution in [2.24, 2.45) is 0 Å². The van der Waals surface area contributed by atoms with Gasteiger partial charge < -0.3 is 35.4 Å². The van der Waals surface area contributed by atoms with Crippen molar-refractivity contribution in [1.29, 1.82) is 0 Å². The number of ether oxygens (including phenoxy) is 1. The number of benzene rings is 1. The van der Waals surface area contributed by atoms with Gasteiger partial charge in [-0.25, -0.2) is 18.7 Å². The number of aromatic amines is 1. The molecule has 0 saturated carbocycles. The van der Waals surface area contributed by atoms with Gasteiger partial charge in [0, 0.05) is 6.07 Å². The van der Waals surface area contributed by atoms with E-state index in [2.05, 4.69) is 32.6 Å². The monoisotopic (exact) mass is 672 g/mol. The Morgan fingerprint density at radius 3 is 2.47 bits per heavy atom. The van der Waals surface area contributed by atoms with Gasteiger partial charge in [0.25, 0.3) is 11.2 Å². The predicted molar refractivity (Wildman–Crippen MR) is 139 cm³/mol. The molecule has 8 N–H and O–H groups in total. The first kappa shape index (κ1) is 33.0. The second-order valence-corrected chi connectivity index (χ2v) is 13.3. The smallest absolute Gasteiger partial charge is 0.387 e. The summed E-state index contributed by atoms with van der Waals surface area (Å²) in [5.74, 6) is -0.296. The van der Waals surface area contributed by atoms with Crippen LogP contribution in [0.3, 0.4) is 0 Å². The van der Waals surface area contributed by atoms with Crippen molar-refractivity contribution in [2.75, 3.05) is 12.3 Å². The third-order valence-corrected chi connectivity index (χ3v) is 10.1. The Labute approximate surface area is 238 Å². The van der Waals surface area contributed by atoms with E-state index in [1.165, 1.54) is 18.2 Å². The normalized spacial score (nSPS) is 25.5. The predicted octanol–water partition coefficient (Wildman–Crippen LogP) is 0.358. The number of imidazole rings is 1. The second-order valence-electron chi connectivity index (χ2n) is 8.75. The van der Waals surface area contributed by atoms with Gasteiger partial charge in [-0.3, -0.25) is 33.5 Å². The fourth-order valence-corrected chi connectivity index (χ4v) is 7.63. The number of hydrogen-bond donors (Lipinski definition) is 7. The van der Waals surface area contributed by atoms with E-state index >= 15 is 0 Å². The van der Waals surface area contributed by atoms with Crippen LogP contribution in [0.25, 0.3) is 11.2 Å². The van der Waals surface area contributed by atoms with Crippen LogP contribution in [0.4, 0.5) is 11.6 Å². The van der Waals surface area contributed by atoms with Crippen LogP contribution in [0.1, 0.15) is 24.8 Å². The molecule has 2 aromatic heterocycles. The Morgan fingerprint density at radius 1 is 1.14 bits per heavy atom.